The third-order valence-corrected chi connectivity index (χ3v) is 3.83. The first-order valence-corrected chi connectivity index (χ1v) is 7.47. The molecular formula is C17H14ClF4NO2. The van der Waals surface area contributed by atoms with E-state index in [1.54, 1.807) is 0 Å². The summed E-state index contributed by atoms with van der Waals surface area (Å²) in [6, 6.07) is 5.48. The van der Waals surface area contributed by atoms with E-state index in [4.69, 9.17) is 16.3 Å². The van der Waals surface area contributed by atoms with Gasteiger partial charge in [-0.25, -0.2) is 9.18 Å². The van der Waals surface area contributed by atoms with Gasteiger partial charge in [-0.15, -0.1) is 0 Å². The van der Waals surface area contributed by atoms with E-state index in [2.05, 4.69) is 0 Å². The first-order valence-electron chi connectivity index (χ1n) is 7.09. The van der Waals surface area contributed by atoms with Crippen LogP contribution >= 0.6 is 11.6 Å². The Morgan fingerprint density at radius 3 is 2.16 bits per heavy atom. The maximum atomic E-state index is 13.2. The number of amides is 1. The lowest BCUT2D eigenvalue weighted by molar-refractivity contribution is -0.137. The first kappa shape index (κ1) is 19.1. The average molecular weight is 376 g/mol. The Kier molecular flexibility index (Phi) is 5.27. The van der Waals surface area contributed by atoms with Gasteiger partial charge in [0.25, 0.3) is 0 Å². The topological polar surface area (TPSA) is 29.5 Å². The number of hydrogen-bond acceptors (Lipinski definition) is 2. The number of halogens is 5. The van der Waals surface area contributed by atoms with Crippen LogP contribution in [0, 0.1) is 19.7 Å². The van der Waals surface area contributed by atoms with Crippen LogP contribution < -0.4 is 9.64 Å². The number of carbonyl (C=O) groups excluding carboxylic acids is 1. The fourth-order valence-corrected chi connectivity index (χ4v) is 2.40. The molecule has 0 aliphatic rings. The summed E-state index contributed by atoms with van der Waals surface area (Å²) in [6.45, 7) is 2.83. The van der Waals surface area contributed by atoms with Crippen LogP contribution in [0.2, 0.25) is 5.02 Å². The number of hydrogen-bond donors (Lipinski definition) is 0. The summed E-state index contributed by atoms with van der Waals surface area (Å²) in [4.78, 5) is 13.3. The zero-order valence-electron chi connectivity index (χ0n) is 13.5. The summed E-state index contributed by atoms with van der Waals surface area (Å²) in [7, 11) is 1.38. The van der Waals surface area contributed by atoms with Crippen molar-refractivity contribution in [2.75, 3.05) is 11.9 Å². The molecular weight excluding hydrogens is 362 g/mol. The minimum Gasteiger partial charge on any atom is -0.409 e. The molecule has 0 radical (unpaired) electrons. The van der Waals surface area contributed by atoms with E-state index in [-0.39, 0.29) is 27.6 Å². The normalized spacial score (nSPS) is 11.4. The summed E-state index contributed by atoms with van der Waals surface area (Å²) >= 11 is 5.67. The van der Waals surface area contributed by atoms with Crippen LogP contribution in [-0.2, 0) is 6.18 Å². The van der Waals surface area contributed by atoms with Gasteiger partial charge in [0.05, 0.1) is 10.6 Å². The van der Waals surface area contributed by atoms with Gasteiger partial charge >= 0.3 is 12.3 Å². The van der Waals surface area contributed by atoms with Gasteiger partial charge in [-0.3, -0.25) is 4.90 Å². The second-order valence-corrected chi connectivity index (χ2v) is 5.87. The average Bonchev–Trinajstić information content (AvgIpc) is 2.51. The van der Waals surface area contributed by atoms with Crippen molar-refractivity contribution in [2.45, 2.75) is 20.0 Å². The predicted molar refractivity (Wildman–Crippen MR) is 86.8 cm³/mol. The molecule has 0 fully saturated rings. The van der Waals surface area contributed by atoms with Gasteiger partial charge in [0, 0.05) is 12.7 Å². The predicted octanol–water partition coefficient (Wildman–Crippen LogP) is 5.75. The fourth-order valence-electron chi connectivity index (χ4n) is 2.23. The Bertz CT molecular complexity index is 798. The summed E-state index contributed by atoms with van der Waals surface area (Å²) in [5.41, 5.74) is -0.197. The monoisotopic (exact) mass is 375 g/mol. The van der Waals surface area contributed by atoms with Gasteiger partial charge in [0.2, 0.25) is 0 Å². The zero-order chi connectivity index (χ0) is 18.9. The Morgan fingerprint density at radius 1 is 1.12 bits per heavy atom. The number of carbonyl (C=O) groups is 1. The van der Waals surface area contributed by atoms with Gasteiger partial charge in [-0.2, -0.15) is 13.2 Å². The molecule has 0 aliphatic carbocycles. The van der Waals surface area contributed by atoms with Crippen molar-refractivity contribution in [2.24, 2.45) is 0 Å². The van der Waals surface area contributed by atoms with Gasteiger partial charge in [0.15, 0.2) is 0 Å². The van der Waals surface area contributed by atoms with Crippen molar-refractivity contribution < 1.29 is 27.1 Å². The summed E-state index contributed by atoms with van der Waals surface area (Å²) in [5, 5.41) is -0.168. The zero-order valence-corrected chi connectivity index (χ0v) is 14.3. The lowest BCUT2D eigenvalue weighted by Gasteiger charge is -2.20. The van der Waals surface area contributed by atoms with Crippen LogP contribution in [0.25, 0.3) is 0 Å². The molecule has 0 saturated heterocycles. The van der Waals surface area contributed by atoms with Gasteiger partial charge in [-0.05, 0) is 55.3 Å². The molecule has 2 aromatic rings. The largest absolute Gasteiger partial charge is 0.419 e. The maximum Gasteiger partial charge on any atom is 0.419 e. The standard InChI is InChI=1S/C17H14ClF4NO2/c1-9-6-11(17(20,21)22)7-10(2)15(9)25-16(24)23(3)12-4-5-14(19)13(18)8-12/h4-8H,1-3H3. The quantitative estimate of drug-likeness (QED) is 0.625. The number of ether oxygens (including phenoxy) is 1. The summed E-state index contributed by atoms with van der Waals surface area (Å²) in [6.07, 6.45) is -5.33. The third-order valence-electron chi connectivity index (χ3n) is 3.54. The number of aryl methyl sites for hydroxylation is 2. The molecule has 2 rings (SSSR count). The molecule has 134 valence electrons. The van der Waals surface area contributed by atoms with E-state index < -0.39 is 23.7 Å². The third kappa shape index (κ3) is 4.22. The van der Waals surface area contributed by atoms with Gasteiger partial charge in [0.1, 0.15) is 11.6 Å². The fraction of sp³-hybridized carbons (Fsp3) is 0.235. The van der Waals surface area contributed by atoms with Crippen LogP contribution in [0.1, 0.15) is 16.7 Å². The van der Waals surface area contributed by atoms with E-state index in [0.29, 0.717) is 0 Å². The SMILES string of the molecule is Cc1cc(C(F)(F)F)cc(C)c1OC(=O)N(C)c1ccc(F)c(Cl)c1. The highest BCUT2D eigenvalue weighted by molar-refractivity contribution is 6.31. The van der Waals surface area contributed by atoms with Crippen molar-refractivity contribution >= 4 is 23.4 Å². The Morgan fingerprint density at radius 2 is 1.68 bits per heavy atom. The molecule has 0 heterocycles. The van der Waals surface area contributed by atoms with Crippen LogP contribution in [-0.4, -0.2) is 13.1 Å². The molecule has 0 aliphatic heterocycles. The van der Waals surface area contributed by atoms with Crippen molar-refractivity contribution in [3.05, 3.63) is 57.9 Å². The summed E-state index contributed by atoms with van der Waals surface area (Å²) < 4.78 is 56.8. The van der Waals surface area contributed by atoms with E-state index in [0.717, 1.165) is 23.1 Å². The van der Waals surface area contributed by atoms with Crippen molar-refractivity contribution in [1.29, 1.82) is 0 Å². The Balaban J connectivity index is 2.26. The summed E-state index contributed by atoms with van der Waals surface area (Å²) in [5.74, 6) is -0.598. The molecule has 8 heteroatoms. The molecule has 25 heavy (non-hydrogen) atoms. The Hall–Kier alpha value is -2.28. The lowest BCUT2D eigenvalue weighted by Crippen LogP contribution is -2.30. The molecule has 1 amide bonds. The number of alkyl halides is 3. The molecule has 3 nitrogen and oxygen atoms in total. The number of anilines is 1. The molecule has 0 aromatic heterocycles. The van der Waals surface area contributed by atoms with Gasteiger partial charge in [-0.1, -0.05) is 11.6 Å². The number of rotatable bonds is 2. The van der Waals surface area contributed by atoms with Crippen molar-refractivity contribution in [3.8, 4) is 5.75 Å². The second-order valence-electron chi connectivity index (χ2n) is 5.46. The number of nitrogens with zero attached hydrogens (tertiary/aromatic N) is 1. The van der Waals surface area contributed by atoms with E-state index in [1.165, 1.54) is 33.0 Å². The lowest BCUT2D eigenvalue weighted by atomic mass is 10.1. The van der Waals surface area contributed by atoms with Crippen LogP contribution in [0.3, 0.4) is 0 Å². The minimum atomic E-state index is -4.49. The van der Waals surface area contributed by atoms with Crippen LogP contribution in [0.15, 0.2) is 30.3 Å². The highest BCUT2D eigenvalue weighted by Gasteiger charge is 2.32. The van der Waals surface area contributed by atoms with Crippen molar-refractivity contribution in [3.63, 3.8) is 0 Å². The molecule has 0 saturated carbocycles. The van der Waals surface area contributed by atoms with Crippen LogP contribution in [0.4, 0.5) is 28.0 Å². The van der Waals surface area contributed by atoms with Crippen molar-refractivity contribution in [1.82, 2.24) is 0 Å². The highest BCUT2D eigenvalue weighted by Crippen LogP contribution is 2.35. The molecule has 0 unspecified atom stereocenters. The van der Waals surface area contributed by atoms with Crippen LogP contribution in [0.5, 0.6) is 5.75 Å². The van der Waals surface area contributed by atoms with Gasteiger partial charge < -0.3 is 4.74 Å². The molecule has 2 aromatic carbocycles. The Labute approximate surface area is 146 Å². The van der Waals surface area contributed by atoms with E-state index in [9.17, 15) is 22.4 Å². The maximum absolute atomic E-state index is 13.2. The molecule has 0 spiro atoms. The van der Waals surface area contributed by atoms with E-state index >= 15 is 0 Å². The molecule has 0 bridgehead atoms. The minimum absolute atomic E-state index is 0.0399. The number of benzene rings is 2. The van der Waals surface area contributed by atoms with E-state index in [1.807, 2.05) is 0 Å². The smallest absolute Gasteiger partial charge is 0.409 e. The molecule has 0 N–H and O–H groups in total. The molecule has 0 atom stereocenters. The first-order chi connectivity index (χ1) is 11.5. The highest BCUT2D eigenvalue weighted by atomic mass is 35.5. The second kappa shape index (κ2) is 6.92.